The fourth-order valence-corrected chi connectivity index (χ4v) is 3.47. The van der Waals surface area contributed by atoms with Gasteiger partial charge in [-0.25, -0.2) is 8.78 Å². The minimum atomic E-state index is -0.924. The molecule has 1 aromatic rings. The summed E-state index contributed by atoms with van der Waals surface area (Å²) < 4.78 is 26.0. The Morgan fingerprint density at radius 1 is 1.20 bits per heavy atom. The number of aliphatic hydroxyl groups is 1. The average Bonchev–Trinajstić information content (AvgIpc) is 2.66. The second-order valence-corrected chi connectivity index (χ2v) is 5.74. The number of aliphatic hydroxyl groups excluding tert-OH is 1. The van der Waals surface area contributed by atoms with Crippen molar-refractivity contribution in [3.8, 4) is 0 Å². The van der Waals surface area contributed by atoms with Crippen LogP contribution in [0, 0.1) is 11.6 Å². The summed E-state index contributed by atoms with van der Waals surface area (Å²) in [5.41, 5.74) is 0.486. The molecular formula is C15H17F2NO2. The number of carbonyl (C=O) groups is 1. The first-order chi connectivity index (χ1) is 9.54. The number of amides is 1. The van der Waals surface area contributed by atoms with Gasteiger partial charge in [0.05, 0.1) is 12.5 Å². The first kappa shape index (κ1) is 13.5. The molecule has 2 aliphatic rings. The molecule has 2 heterocycles. The zero-order chi connectivity index (χ0) is 14.3. The van der Waals surface area contributed by atoms with Crippen LogP contribution in [0.4, 0.5) is 8.78 Å². The van der Waals surface area contributed by atoms with Gasteiger partial charge in [-0.2, -0.15) is 0 Å². The van der Waals surface area contributed by atoms with Crippen molar-refractivity contribution in [3.63, 3.8) is 0 Å². The standard InChI is InChI=1S/C15H17F2NO2/c16-13-4-1-9(5-14(13)17)6-15(20)18-10-2-3-11(18)8-12(19)7-10/h1,4-5,10-12,19H,2-3,6-8H2. The Morgan fingerprint density at radius 2 is 1.85 bits per heavy atom. The normalized spacial score (nSPS) is 28.8. The SMILES string of the molecule is O=C(Cc1ccc(F)c(F)c1)N1C2CCC1CC(O)C2. The van der Waals surface area contributed by atoms with Crippen molar-refractivity contribution >= 4 is 5.91 Å². The van der Waals surface area contributed by atoms with Crippen LogP contribution in [0.15, 0.2) is 18.2 Å². The van der Waals surface area contributed by atoms with Crippen LogP contribution in [0.25, 0.3) is 0 Å². The van der Waals surface area contributed by atoms with E-state index in [1.807, 2.05) is 4.90 Å². The number of halogens is 2. The lowest BCUT2D eigenvalue weighted by Crippen LogP contribution is -2.48. The van der Waals surface area contributed by atoms with Gasteiger partial charge < -0.3 is 10.0 Å². The number of piperidine rings is 1. The van der Waals surface area contributed by atoms with E-state index in [1.54, 1.807) is 0 Å². The summed E-state index contributed by atoms with van der Waals surface area (Å²) >= 11 is 0. The van der Waals surface area contributed by atoms with Gasteiger partial charge in [-0.05, 0) is 43.4 Å². The van der Waals surface area contributed by atoms with E-state index in [-0.39, 0.29) is 30.5 Å². The van der Waals surface area contributed by atoms with Crippen molar-refractivity contribution in [2.75, 3.05) is 0 Å². The monoisotopic (exact) mass is 281 g/mol. The van der Waals surface area contributed by atoms with E-state index in [0.29, 0.717) is 18.4 Å². The summed E-state index contributed by atoms with van der Waals surface area (Å²) in [6.07, 6.45) is 2.86. The van der Waals surface area contributed by atoms with Crippen LogP contribution in [-0.4, -0.2) is 34.1 Å². The van der Waals surface area contributed by atoms with E-state index in [9.17, 15) is 18.7 Å². The molecule has 0 spiro atoms. The van der Waals surface area contributed by atoms with Crippen molar-refractivity contribution in [1.82, 2.24) is 4.90 Å². The Hall–Kier alpha value is -1.49. The van der Waals surface area contributed by atoms with E-state index >= 15 is 0 Å². The number of rotatable bonds is 2. The highest BCUT2D eigenvalue weighted by atomic mass is 19.2. The molecule has 1 N–H and O–H groups in total. The van der Waals surface area contributed by atoms with Crippen LogP contribution in [0.3, 0.4) is 0 Å². The fraction of sp³-hybridized carbons (Fsp3) is 0.533. The Bertz CT molecular complexity index is 521. The molecule has 108 valence electrons. The van der Waals surface area contributed by atoms with Crippen LogP contribution in [-0.2, 0) is 11.2 Å². The zero-order valence-corrected chi connectivity index (χ0v) is 11.1. The number of benzene rings is 1. The van der Waals surface area contributed by atoms with Gasteiger partial charge in [-0.15, -0.1) is 0 Å². The van der Waals surface area contributed by atoms with Crippen LogP contribution in [0.1, 0.15) is 31.2 Å². The van der Waals surface area contributed by atoms with Crippen LogP contribution < -0.4 is 0 Å². The molecule has 2 atom stereocenters. The zero-order valence-electron chi connectivity index (χ0n) is 11.1. The third-order valence-corrected chi connectivity index (χ3v) is 4.34. The molecular weight excluding hydrogens is 264 g/mol. The number of hydrogen-bond donors (Lipinski definition) is 1. The minimum absolute atomic E-state index is 0.0598. The fourth-order valence-electron chi connectivity index (χ4n) is 3.47. The Balaban J connectivity index is 1.72. The highest BCUT2D eigenvalue weighted by Gasteiger charge is 2.42. The summed E-state index contributed by atoms with van der Waals surface area (Å²) in [5, 5.41) is 9.72. The number of nitrogens with zero attached hydrogens (tertiary/aromatic N) is 1. The van der Waals surface area contributed by atoms with E-state index < -0.39 is 11.6 Å². The van der Waals surface area contributed by atoms with E-state index in [4.69, 9.17) is 0 Å². The molecule has 2 bridgehead atoms. The average molecular weight is 281 g/mol. The summed E-state index contributed by atoms with van der Waals surface area (Å²) in [6.45, 7) is 0. The molecule has 0 saturated carbocycles. The van der Waals surface area contributed by atoms with E-state index in [2.05, 4.69) is 0 Å². The first-order valence-corrected chi connectivity index (χ1v) is 6.97. The maximum Gasteiger partial charge on any atom is 0.227 e. The second kappa shape index (κ2) is 5.13. The largest absolute Gasteiger partial charge is 0.393 e. The molecule has 20 heavy (non-hydrogen) atoms. The first-order valence-electron chi connectivity index (χ1n) is 6.97. The number of fused-ring (bicyclic) bond motifs is 2. The molecule has 0 aromatic heterocycles. The predicted octanol–water partition coefficient (Wildman–Crippen LogP) is 2.02. The number of carbonyl (C=O) groups excluding carboxylic acids is 1. The van der Waals surface area contributed by atoms with Gasteiger partial charge in [0.2, 0.25) is 5.91 Å². The maximum absolute atomic E-state index is 13.2. The van der Waals surface area contributed by atoms with Gasteiger partial charge in [0.15, 0.2) is 11.6 Å². The van der Waals surface area contributed by atoms with Crippen molar-refractivity contribution in [1.29, 1.82) is 0 Å². The van der Waals surface area contributed by atoms with Crippen molar-refractivity contribution in [3.05, 3.63) is 35.4 Å². The van der Waals surface area contributed by atoms with Crippen molar-refractivity contribution in [2.24, 2.45) is 0 Å². The van der Waals surface area contributed by atoms with E-state index in [1.165, 1.54) is 6.07 Å². The summed E-state index contributed by atoms with van der Waals surface area (Å²) in [6, 6.07) is 3.76. The van der Waals surface area contributed by atoms with Gasteiger partial charge in [-0.3, -0.25) is 4.79 Å². The predicted molar refractivity (Wildman–Crippen MR) is 69.0 cm³/mol. The molecule has 1 aromatic carbocycles. The van der Waals surface area contributed by atoms with Crippen molar-refractivity contribution in [2.45, 2.75) is 50.3 Å². The maximum atomic E-state index is 13.2. The topological polar surface area (TPSA) is 40.5 Å². The lowest BCUT2D eigenvalue weighted by atomic mass is 9.99. The van der Waals surface area contributed by atoms with Crippen LogP contribution in [0.2, 0.25) is 0 Å². The molecule has 3 nitrogen and oxygen atoms in total. The summed E-state index contributed by atoms with van der Waals surface area (Å²) in [7, 11) is 0. The van der Waals surface area contributed by atoms with Gasteiger partial charge in [0.25, 0.3) is 0 Å². The minimum Gasteiger partial charge on any atom is -0.393 e. The molecule has 3 rings (SSSR count). The molecule has 2 unspecified atom stereocenters. The Kier molecular flexibility index (Phi) is 3.46. The highest BCUT2D eigenvalue weighted by molar-refractivity contribution is 5.80. The molecule has 2 aliphatic heterocycles. The van der Waals surface area contributed by atoms with Gasteiger partial charge >= 0.3 is 0 Å². The molecule has 2 fully saturated rings. The van der Waals surface area contributed by atoms with Crippen LogP contribution in [0.5, 0.6) is 0 Å². The molecule has 2 saturated heterocycles. The number of hydrogen-bond acceptors (Lipinski definition) is 2. The smallest absolute Gasteiger partial charge is 0.227 e. The third-order valence-electron chi connectivity index (χ3n) is 4.34. The van der Waals surface area contributed by atoms with Gasteiger partial charge in [0, 0.05) is 12.1 Å². The molecule has 5 heteroatoms. The van der Waals surface area contributed by atoms with Gasteiger partial charge in [0.1, 0.15) is 0 Å². The van der Waals surface area contributed by atoms with E-state index in [0.717, 1.165) is 25.0 Å². The summed E-state index contributed by atoms with van der Waals surface area (Å²) in [4.78, 5) is 14.2. The molecule has 0 aliphatic carbocycles. The molecule has 1 amide bonds. The lowest BCUT2D eigenvalue weighted by molar-refractivity contribution is -0.136. The highest BCUT2D eigenvalue weighted by Crippen LogP contribution is 2.36. The van der Waals surface area contributed by atoms with Crippen molar-refractivity contribution < 1.29 is 18.7 Å². The Labute approximate surface area is 116 Å². The third kappa shape index (κ3) is 2.42. The Morgan fingerprint density at radius 3 is 2.45 bits per heavy atom. The summed E-state index contributed by atoms with van der Waals surface area (Å²) in [5.74, 6) is -1.88. The molecule has 0 radical (unpaired) electrons. The van der Waals surface area contributed by atoms with Gasteiger partial charge in [-0.1, -0.05) is 6.07 Å². The quantitative estimate of drug-likeness (QED) is 0.901. The lowest BCUT2D eigenvalue weighted by Gasteiger charge is -2.37. The second-order valence-electron chi connectivity index (χ2n) is 5.74. The van der Waals surface area contributed by atoms with Crippen LogP contribution >= 0.6 is 0 Å².